The molecule has 3 N–H and O–H groups in total. The van der Waals surface area contributed by atoms with E-state index in [-0.39, 0.29) is 0 Å². The van der Waals surface area contributed by atoms with Crippen molar-refractivity contribution < 1.29 is 9.90 Å². The minimum atomic E-state index is -1.01. The van der Waals surface area contributed by atoms with Gasteiger partial charge in [-0.15, -0.1) is 0 Å². The van der Waals surface area contributed by atoms with E-state index in [0.29, 0.717) is 12.1 Å². The molecule has 0 aliphatic rings. The fraction of sp³-hybridized carbons (Fsp3) is 0.375. The molecule has 0 fully saturated rings. The molecule has 0 saturated carbocycles. The summed E-state index contributed by atoms with van der Waals surface area (Å²) in [6, 6.07) is 0. The Morgan fingerprint density at radius 2 is 2.27 bits per heavy atom. The molecule has 0 aromatic rings. The highest BCUT2D eigenvalue weighted by Gasteiger charge is 1.96. The second-order valence-corrected chi connectivity index (χ2v) is 2.34. The highest BCUT2D eigenvalue weighted by Crippen LogP contribution is 2.06. The van der Waals surface area contributed by atoms with Gasteiger partial charge in [0, 0.05) is 18.2 Å². The van der Waals surface area contributed by atoms with E-state index in [1.807, 2.05) is 6.92 Å². The lowest BCUT2D eigenvalue weighted by Crippen LogP contribution is -2.02. The average molecular weight is 155 g/mol. The third kappa shape index (κ3) is 5.21. The molecule has 0 rings (SSSR count). The number of carboxylic acid groups (broad SMARTS) is 1. The maximum absolute atomic E-state index is 10.1. The van der Waals surface area contributed by atoms with Crippen LogP contribution in [0.15, 0.2) is 23.9 Å². The molecular weight excluding hydrogens is 142 g/mol. The molecule has 0 aromatic heterocycles. The van der Waals surface area contributed by atoms with Crippen LogP contribution >= 0.6 is 0 Å². The topological polar surface area (TPSA) is 63.3 Å². The van der Waals surface area contributed by atoms with Crippen molar-refractivity contribution in [1.29, 1.82) is 0 Å². The van der Waals surface area contributed by atoms with Crippen LogP contribution in [0.1, 0.15) is 19.8 Å². The summed E-state index contributed by atoms with van der Waals surface area (Å²) in [5.41, 5.74) is 6.67. The quantitative estimate of drug-likeness (QED) is 0.474. The number of carbonyl (C=O) groups is 1. The molecule has 0 unspecified atom stereocenters. The third-order valence-corrected chi connectivity index (χ3v) is 1.26. The largest absolute Gasteiger partial charge is 0.478 e. The zero-order valence-electron chi connectivity index (χ0n) is 6.63. The summed E-state index contributed by atoms with van der Waals surface area (Å²) >= 11 is 0. The molecule has 0 amide bonds. The monoisotopic (exact) mass is 155 g/mol. The molecule has 0 aromatic carbocycles. The normalized spacial score (nSPS) is 11.2. The van der Waals surface area contributed by atoms with Gasteiger partial charge in [0.15, 0.2) is 0 Å². The summed E-state index contributed by atoms with van der Waals surface area (Å²) in [6.45, 7) is 5.66. The Morgan fingerprint density at radius 3 is 2.64 bits per heavy atom. The van der Waals surface area contributed by atoms with Crippen molar-refractivity contribution in [3.63, 3.8) is 0 Å². The molecule has 3 heteroatoms. The maximum atomic E-state index is 10.1. The van der Waals surface area contributed by atoms with Gasteiger partial charge in [0.1, 0.15) is 0 Å². The highest BCUT2D eigenvalue weighted by molar-refractivity contribution is 5.80. The van der Waals surface area contributed by atoms with Gasteiger partial charge in [0.2, 0.25) is 0 Å². The average Bonchev–Trinajstić information content (AvgIpc) is 1.85. The SMILES string of the molecule is C=C(CC)C/C(N)=C/C(=O)O. The van der Waals surface area contributed by atoms with Crippen molar-refractivity contribution in [1.82, 2.24) is 0 Å². The fourth-order valence-electron chi connectivity index (χ4n) is 0.623. The van der Waals surface area contributed by atoms with E-state index in [2.05, 4.69) is 6.58 Å². The van der Waals surface area contributed by atoms with Gasteiger partial charge >= 0.3 is 5.97 Å². The molecule has 11 heavy (non-hydrogen) atoms. The third-order valence-electron chi connectivity index (χ3n) is 1.26. The standard InChI is InChI=1S/C8H13NO2/c1-3-6(2)4-7(9)5-8(10)11/h5H,2-4,9H2,1H3,(H,10,11)/b7-5-. The highest BCUT2D eigenvalue weighted by atomic mass is 16.4. The molecule has 0 bridgehead atoms. The van der Waals surface area contributed by atoms with Crippen molar-refractivity contribution in [2.24, 2.45) is 5.73 Å². The first-order valence-corrected chi connectivity index (χ1v) is 3.42. The molecule has 62 valence electrons. The van der Waals surface area contributed by atoms with E-state index < -0.39 is 5.97 Å². The molecule has 0 spiro atoms. The van der Waals surface area contributed by atoms with Gasteiger partial charge < -0.3 is 10.8 Å². The Labute approximate surface area is 66.2 Å². The lowest BCUT2D eigenvalue weighted by Gasteiger charge is -2.00. The van der Waals surface area contributed by atoms with Crippen LogP contribution in [0.3, 0.4) is 0 Å². The predicted molar refractivity (Wildman–Crippen MR) is 44.0 cm³/mol. The molecule has 0 saturated heterocycles. The van der Waals surface area contributed by atoms with Crippen molar-refractivity contribution in [2.75, 3.05) is 0 Å². The van der Waals surface area contributed by atoms with Crippen molar-refractivity contribution in [3.8, 4) is 0 Å². The molecule has 3 nitrogen and oxygen atoms in total. The first-order valence-electron chi connectivity index (χ1n) is 3.42. The Hall–Kier alpha value is -1.25. The Bertz CT molecular complexity index is 194. The van der Waals surface area contributed by atoms with Gasteiger partial charge in [-0.25, -0.2) is 4.79 Å². The first-order chi connectivity index (χ1) is 5.06. The molecule has 0 heterocycles. The van der Waals surface area contributed by atoms with E-state index >= 15 is 0 Å². The molecule has 0 atom stereocenters. The number of carboxylic acids is 1. The second-order valence-electron chi connectivity index (χ2n) is 2.34. The first kappa shape index (κ1) is 9.75. The van der Waals surface area contributed by atoms with Gasteiger partial charge in [-0.3, -0.25) is 0 Å². The number of hydrogen-bond donors (Lipinski definition) is 2. The number of allylic oxidation sites excluding steroid dienone is 1. The Morgan fingerprint density at radius 1 is 1.73 bits per heavy atom. The van der Waals surface area contributed by atoms with Gasteiger partial charge in [-0.05, 0) is 6.42 Å². The summed E-state index contributed by atoms with van der Waals surface area (Å²) < 4.78 is 0. The van der Waals surface area contributed by atoms with Gasteiger partial charge in [-0.2, -0.15) is 0 Å². The van der Waals surface area contributed by atoms with Crippen molar-refractivity contribution >= 4 is 5.97 Å². The number of nitrogens with two attached hydrogens (primary N) is 1. The van der Waals surface area contributed by atoms with Crippen LogP contribution in [-0.4, -0.2) is 11.1 Å². The van der Waals surface area contributed by atoms with Crippen molar-refractivity contribution in [2.45, 2.75) is 19.8 Å². The molecule has 0 aliphatic heterocycles. The molecule has 0 aliphatic carbocycles. The number of hydrogen-bond acceptors (Lipinski definition) is 2. The zero-order valence-corrected chi connectivity index (χ0v) is 6.63. The van der Waals surface area contributed by atoms with Crippen LogP contribution in [0.2, 0.25) is 0 Å². The fourth-order valence-corrected chi connectivity index (χ4v) is 0.623. The second kappa shape index (κ2) is 4.55. The van der Waals surface area contributed by atoms with E-state index in [4.69, 9.17) is 10.8 Å². The van der Waals surface area contributed by atoms with E-state index in [1.54, 1.807) is 0 Å². The maximum Gasteiger partial charge on any atom is 0.330 e. The van der Waals surface area contributed by atoms with E-state index in [0.717, 1.165) is 18.1 Å². The van der Waals surface area contributed by atoms with Gasteiger partial charge in [0.25, 0.3) is 0 Å². The van der Waals surface area contributed by atoms with Gasteiger partial charge in [0.05, 0.1) is 0 Å². The number of aliphatic carboxylic acids is 1. The van der Waals surface area contributed by atoms with Gasteiger partial charge in [-0.1, -0.05) is 19.1 Å². The summed E-state index contributed by atoms with van der Waals surface area (Å²) in [7, 11) is 0. The Kier molecular flexibility index (Phi) is 4.03. The van der Waals surface area contributed by atoms with Crippen LogP contribution in [0.4, 0.5) is 0 Å². The van der Waals surface area contributed by atoms with E-state index in [9.17, 15) is 4.79 Å². The summed E-state index contributed by atoms with van der Waals surface area (Å²) in [4.78, 5) is 10.1. The predicted octanol–water partition coefficient (Wildman–Crippen LogP) is 1.27. The summed E-state index contributed by atoms with van der Waals surface area (Å²) in [5.74, 6) is -1.01. The molecule has 0 radical (unpaired) electrons. The lowest BCUT2D eigenvalue weighted by molar-refractivity contribution is -0.131. The number of rotatable bonds is 4. The lowest BCUT2D eigenvalue weighted by atomic mass is 10.1. The van der Waals surface area contributed by atoms with Crippen molar-refractivity contribution in [3.05, 3.63) is 23.9 Å². The van der Waals surface area contributed by atoms with Crippen LogP contribution in [0.5, 0.6) is 0 Å². The smallest absolute Gasteiger partial charge is 0.330 e. The van der Waals surface area contributed by atoms with E-state index in [1.165, 1.54) is 0 Å². The minimum absolute atomic E-state index is 0.351. The minimum Gasteiger partial charge on any atom is -0.478 e. The van der Waals surface area contributed by atoms with Crippen LogP contribution in [0.25, 0.3) is 0 Å². The van der Waals surface area contributed by atoms with Crippen LogP contribution in [-0.2, 0) is 4.79 Å². The van der Waals surface area contributed by atoms with Crippen LogP contribution in [0, 0.1) is 0 Å². The summed E-state index contributed by atoms with van der Waals surface area (Å²) in [6.07, 6.45) is 2.30. The Balaban J connectivity index is 3.96. The van der Waals surface area contributed by atoms with Crippen LogP contribution < -0.4 is 5.73 Å². The molecular formula is C8H13NO2. The zero-order chi connectivity index (χ0) is 8.85. The summed E-state index contributed by atoms with van der Waals surface area (Å²) in [5, 5.41) is 8.28.